The van der Waals surface area contributed by atoms with Gasteiger partial charge in [-0.1, -0.05) is 60.7 Å². The molecule has 0 saturated heterocycles. The molecule has 2 aromatic carbocycles. The lowest BCUT2D eigenvalue weighted by Crippen LogP contribution is -1.93. The zero-order valence-electron chi connectivity index (χ0n) is 12.3. The number of benzene rings is 2. The minimum Gasteiger partial charge on any atom is -0.475 e. The van der Waals surface area contributed by atoms with E-state index in [1.165, 1.54) is 12.3 Å². The fraction of sp³-hybridized carbons (Fsp3) is 0. The molecule has 0 bridgehead atoms. The van der Waals surface area contributed by atoms with Crippen molar-refractivity contribution in [2.75, 3.05) is 5.32 Å². The number of anilines is 2. The van der Waals surface area contributed by atoms with Crippen molar-refractivity contribution in [1.82, 2.24) is 0 Å². The Labute approximate surface area is 133 Å². The zero-order valence-corrected chi connectivity index (χ0v) is 12.3. The Hall–Kier alpha value is -3.27. The highest BCUT2D eigenvalue weighted by Gasteiger charge is 2.09. The van der Waals surface area contributed by atoms with Crippen molar-refractivity contribution in [3.8, 4) is 0 Å². The summed E-state index contributed by atoms with van der Waals surface area (Å²) in [4.78, 5) is 10.9. The van der Waals surface area contributed by atoms with Crippen LogP contribution in [0.15, 0.2) is 71.3 Å². The molecule has 0 spiro atoms. The SMILES string of the molecule is O=C(O)c1cc(Nc2ccccc2/C=C/c2ccccc2)co1. The molecule has 4 heteroatoms. The third-order valence-electron chi connectivity index (χ3n) is 3.30. The van der Waals surface area contributed by atoms with E-state index >= 15 is 0 Å². The van der Waals surface area contributed by atoms with Crippen LogP contribution in [0.5, 0.6) is 0 Å². The third-order valence-corrected chi connectivity index (χ3v) is 3.30. The van der Waals surface area contributed by atoms with Crippen molar-refractivity contribution < 1.29 is 14.3 Å². The summed E-state index contributed by atoms with van der Waals surface area (Å²) in [6, 6.07) is 19.3. The first-order valence-electron chi connectivity index (χ1n) is 7.13. The van der Waals surface area contributed by atoms with Crippen LogP contribution in [0.4, 0.5) is 11.4 Å². The maximum absolute atomic E-state index is 10.9. The second-order valence-corrected chi connectivity index (χ2v) is 4.96. The van der Waals surface area contributed by atoms with Crippen LogP contribution >= 0.6 is 0 Å². The number of rotatable bonds is 5. The molecule has 0 amide bonds. The van der Waals surface area contributed by atoms with Gasteiger partial charge in [0.15, 0.2) is 0 Å². The van der Waals surface area contributed by atoms with E-state index in [-0.39, 0.29) is 5.76 Å². The molecule has 23 heavy (non-hydrogen) atoms. The van der Waals surface area contributed by atoms with E-state index in [0.29, 0.717) is 5.69 Å². The van der Waals surface area contributed by atoms with Crippen LogP contribution in [0.2, 0.25) is 0 Å². The van der Waals surface area contributed by atoms with Crippen molar-refractivity contribution in [3.63, 3.8) is 0 Å². The Kier molecular flexibility index (Phi) is 4.25. The quantitative estimate of drug-likeness (QED) is 0.659. The van der Waals surface area contributed by atoms with Crippen LogP contribution in [-0.4, -0.2) is 11.1 Å². The van der Waals surface area contributed by atoms with E-state index in [1.54, 1.807) is 0 Å². The van der Waals surface area contributed by atoms with E-state index < -0.39 is 5.97 Å². The van der Waals surface area contributed by atoms with E-state index in [0.717, 1.165) is 16.8 Å². The van der Waals surface area contributed by atoms with Crippen molar-refractivity contribution in [1.29, 1.82) is 0 Å². The third kappa shape index (κ3) is 3.68. The van der Waals surface area contributed by atoms with Gasteiger partial charge < -0.3 is 14.8 Å². The van der Waals surface area contributed by atoms with Gasteiger partial charge in [0.1, 0.15) is 6.26 Å². The summed E-state index contributed by atoms with van der Waals surface area (Å²) in [6.45, 7) is 0. The molecule has 0 aliphatic rings. The number of carbonyl (C=O) groups is 1. The van der Waals surface area contributed by atoms with E-state index in [1.807, 2.05) is 66.7 Å². The minimum absolute atomic E-state index is 0.0928. The molecule has 114 valence electrons. The molecule has 3 rings (SSSR count). The molecule has 0 aliphatic carbocycles. The molecule has 1 aromatic heterocycles. The van der Waals surface area contributed by atoms with Crippen molar-refractivity contribution in [2.45, 2.75) is 0 Å². The van der Waals surface area contributed by atoms with E-state index in [9.17, 15) is 4.79 Å². The van der Waals surface area contributed by atoms with Crippen LogP contribution in [-0.2, 0) is 0 Å². The molecule has 3 aromatic rings. The van der Waals surface area contributed by atoms with Crippen LogP contribution in [0.3, 0.4) is 0 Å². The molecule has 0 aliphatic heterocycles. The summed E-state index contributed by atoms with van der Waals surface area (Å²) in [5.41, 5.74) is 3.58. The monoisotopic (exact) mass is 305 g/mol. The normalized spacial score (nSPS) is 10.8. The topological polar surface area (TPSA) is 62.5 Å². The number of hydrogen-bond donors (Lipinski definition) is 2. The molecule has 0 saturated carbocycles. The molecule has 0 radical (unpaired) electrons. The summed E-state index contributed by atoms with van der Waals surface area (Å²) in [7, 11) is 0. The summed E-state index contributed by atoms with van der Waals surface area (Å²) >= 11 is 0. The predicted octanol–water partition coefficient (Wildman–Crippen LogP) is 4.89. The van der Waals surface area contributed by atoms with Gasteiger partial charge in [-0.2, -0.15) is 0 Å². The Balaban J connectivity index is 1.82. The van der Waals surface area contributed by atoms with Crippen LogP contribution in [0, 0.1) is 0 Å². The molecule has 0 unspecified atom stereocenters. The summed E-state index contributed by atoms with van der Waals surface area (Å²) < 4.78 is 4.99. The Morgan fingerprint density at radius 2 is 1.74 bits per heavy atom. The molecule has 2 N–H and O–H groups in total. The van der Waals surface area contributed by atoms with Crippen LogP contribution < -0.4 is 5.32 Å². The molecular formula is C19H15NO3. The summed E-state index contributed by atoms with van der Waals surface area (Å²) in [6.07, 6.45) is 5.43. The lowest BCUT2D eigenvalue weighted by molar-refractivity contribution is 0.0662. The standard InChI is InChI=1S/C19H15NO3/c21-19(22)18-12-16(13-23-18)20-17-9-5-4-8-15(17)11-10-14-6-2-1-3-7-14/h1-13,20H,(H,21,22)/b11-10+. The van der Waals surface area contributed by atoms with Gasteiger partial charge in [0.25, 0.3) is 0 Å². The Bertz CT molecular complexity index is 835. The Morgan fingerprint density at radius 3 is 2.48 bits per heavy atom. The van der Waals surface area contributed by atoms with Gasteiger partial charge in [0.05, 0.1) is 5.69 Å². The fourth-order valence-corrected chi connectivity index (χ4v) is 2.18. The summed E-state index contributed by atoms with van der Waals surface area (Å²) in [5.74, 6) is -1.18. The van der Waals surface area contributed by atoms with Gasteiger partial charge in [-0.15, -0.1) is 0 Å². The second kappa shape index (κ2) is 6.66. The lowest BCUT2D eigenvalue weighted by Gasteiger charge is -2.07. The zero-order chi connectivity index (χ0) is 16.1. The first-order chi connectivity index (χ1) is 11.2. The molecule has 0 fully saturated rings. The smallest absolute Gasteiger partial charge is 0.371 e. The van der Waals surface area contributed by atoms with Gasteiger partial charge in [0, 0.05) is 11.8 Å². The molecular weight excluding hydrogens is 290 g/mol. The fourth-order valence-electron chi connectivity index (χ4n) is 2.18. The van der Waals surface area contributed by atoms with Gasteiger partial charge in [-0.05, 0) is 17.2 Å². The maximum atomic E-state index is 10.9. The second-order valence-electron chi connectivity index (χ2n) is 4.96. The minimum atomic E-state index is -1.09. The van der Waals surface area contributed by atoms with Crippen molar-refractivity contribution >= 4 is 29.5 Å². The largest absolute Gasteiger partial charge is 0.475 e. The highest BCUT2D eigenvalue weighted by molar-refractivity contribution is 5.86. The van der Waals surface area contributed by atoms with Crippen LogP contribution in [0.25, 0.3) is 12.2 Å². The molecule has 1 heterocycles. The van der Waals surface area contributed by atoms with Crippen molar-refractivity contribution in [3.05, 3.63) is 83.8 Å². The highest BCUT2D eigenvalue weighted by atomic mass is 16.4. The van der Waals surface area contributed by atoms with Crippen molar-refractivity contribution in [2.24, 2.45) is 0 Å². The number of aromatic carboxylic acids is 1. The number of hydrogen-bond acceptors (Lipinski definition) is 3. The number of carboxylic acids is 1. The number of nitrogens with one attached hydrogen (secondary N) is 1. The first-order valence-corrected chi connectivity index (χ1v) is 7.13. The van der Waals surface area contributed by atoms with Gasteiger partial charge >= 0.3 is 5.97 Å². The summed E-state index contributed by atoms with van der Waals surface area (Å²) in [5, 5.41) is 12.1. The number of para-hydroxylation sites is 1. The average molecular weight is 305 g/mol. The predicted molar refractivity (Wildman–Crippen MR) is 90.8 cm³/mol. The van der Waals surface area contributed by atoms with Gasteiger partial charge in [-0.25, -0.2) is 4.79 Å². The number of furan rings is 1. The van der Waals surface area contributed by atoms with Gasteiger partial charge in [0.2, 0.25) is 5.76 Å². The first kappa shape index (κ1) is 14.7. The van der Waals surface area contributed by atoms with E-state index in [4.69, 9.17) is 9.52 Å². The lowest BCUT2D eigenvalue weighted by atomic mass is 10.1. The average Bonchev–Trinajstić information content (AvgIpc) is 3.04. The number of carboxylic acid groups (broad SMARTS) is 1. The maximum Gasteiger partial charge on any atom is 0.371 e. The van der Waals surface area contributed by atoms with Gasteiger partial charge in [-0.3, -0.25) is 0 Å². The molecule has 4 nitrogen and oxygen atoms in total. The highest BCUT2D eigenvalue weighted by Crippen LogP contribution is 2.24. The van der Waals surface area contributed by atoms with E-state index in [2.05, 4.69) is 5.32 Å². The van der Waals surface area contributed by atoms with Crippen LogP contribution in [0.1, 0.15) is 21.7 Å². The molecule has 0 atom stereocenters. The Morgan fingerprint density at radius 1 is 1.00 bits per heavy atom.